The van der Waals surface area contributed by atoms with E-state index in [1.54, 1.807) is 0 Å². The second-order valence-corrected chi connectivity index (χ2v) is 8.80. The van der Waals surface area contributed by atoms with Gasteiger partial charge in [0.25, 0.3) is 0 Å². The molecule has 0 radical (unpaired) electrons. The quantitative estimate of drug-likeness (QED) is 0.710. The number of halogens is 1. The molecule has 0 N–H and O–H groups in total. The lowest BCUT2D eigenvalue weighted by Gasteiger charge is -2.48. The molecule has 1 aromatic rings. The summed E-state index contributed by atoms with van der Waals surface area (Å²) < 4.78 is 19.4. The number of nitriles is 1. The Labute approximate surface area is 165 Å². The molecule has 0 aliphatic carbocycles. The van der Waals surface area contributed by atoms with Crippen molar-refractivity contribution in [3.63, 3.8) is 0 Å². The van der Waals surface area contributed by atoms with Crippen molar-refractivity contribution in [2.24, 2.45) is 5.92 Å². The summed E-state index contributed by atoms with van der Waals surface area (Å²) in [4.78, 5) is 27.6. The second kappa shape index (κ2) is 7.90. The highest BCUT2D eigenvalue weighted by atomic mass is 19.1. The number of carbonyl (C=O) groups is 2. The number of piperidine rings is 2. The number of hydrogen-bond donors (Lipinski definition) is 0. The van der Waals surface area contributed by atoms with E-state index in [4.69, 9.17) is 10.00 Å². The normalized spacial score (nSPS) is 24.4. The number of carbonyl (C=O) groups excluding carboxylic acids is 2. The Morgan fingerprint density at radius 2 is 1.89 bits per heavy atom. The van der Waals surface area contributed by atoms with Gasteiger partial charge in [-0.05, 0) is 71.1 Å². The maximum Gasteiger partial charge on any atom is 0.410 e. The summed E-state index contributed by atoms with van der Waals surface area (Å²) in [7, 11) is 0. The Balaban J connectivity index is 1.77. The smallest absolute Gasteiger partial charge is 0.410 e. The van der Waals surface area contributed by atoms with Crippen molar-refractivity contribution in [3.05, 3.63) is 35.1 Å². The molecule has 1 amide bonds. The number of Topliss-reactive ketones (excluding diaryl/α,β-unsaturated/α-hetero) is 1. The van der Waals surface area contributed by atoms with E-state index in [0.717, 1.165) is 19.3 Å². The van der Waals surface area contributed by atoms with Crippen LogP contribution in [-0.2, 0) is 11.2 Å². The highest BCUT2D eigenvalue weighted by Crippen LogP contribution is 2.39. The molecule has 1 aromatic carbocycles. The highest BCUT2D eigenvalue weighted by molar-refractivity contribution is 5.98. The van der Waals surface area contributed by atoms with Crippen LogP contribution in [0.1, 0.15) is 68.8 Å². The molecule has 2 fully saturated rings. The zero-order valence-corrected chi connectivity index (χ0v) is 16.7. The average Bonchev–Trinajstić information content (AvgIpc) is 2.60. The van der Waals surface area contributed by atoms with E-state index in [9.17, 15) is 14.0 Å². The van der Waals surface area contributed by atoms with Crippen LogP contribution in [-0.4, -0.2) is 34.5 Å². The van der Waals surface area contributed by atoms with E-state index >= 15 is 0 Å². The summed E-state index contributed by atoms with van der Waals surface area (Å²) in [5.41, 5.74) is 0.142. The van der Waals surface area contributed by atoms with Gasteiger partial charge in [0.1, 0.15) is 11.4 Å². The van der Waals surface area contributed by atoms with E-state index in [1.165, 1.54) is 18.2 Å². The zero-order chi connectivity index (χ0) is 20.5. The molecule has 5 nitrogen and oxygen atoms in total. The van der Waals surface area contributed by atoms with Gasteiger partial charge in [0, 0.05) is 29.1 Å². The standard InChI is InChI=1S/C22H27FN2O3/c1-22(2,3)28-21(27)25-17-5-4-6-18(25)13-16(12-17)20(26)15-7-8-19(23)14(11-15)9-10-24/h7-8,11,16-18H,4-6,9,12-13H2,1-3H3. The second-order valence-electron chi connectivity index (χ2n) is 8.80. The molecular weight excluding hydrogens is 359 g/mol. The van der Waals surface area contributed by atoms with Gasteiger partial charge >= 0.3 is 6.09 Å². The number of nitrogens with zero attached hydrogens (tertiary/aromatic N) is 2. The minimum absolute atomic E-state index is 0.00433. The molecule has 2 heterocycles. The Hall–Kier alpha value is -2.42. The van der Waals surface area contributed by atoms with E-state index in [-0.39, 0.29) is 41.9 Å². The lowest BCUT2D eigenvalue weighted by Crippen LogP contribution is -2.56. The number of hydrogen-bond acceptors (Lipinski definition) is 4. The van der Waals surface area contributed by atoms with Crippen LogP contribution in [0.3, 0.4) is 0 Å². The molecule has 2 bridgehead atoms. The monoisotopic (exact) mass is 386 g/mol. The molecule has 3 rings (SSSR count). The Morgan fingerprint density at radius 1 is 1.25 bits per heavy atom. The summed E-state index contributed by atoms with van der Waals surface area (Å²) in [6.07, 6.45) is 3.60. The zero-order valence-electron chi connectivity index (χ0n) is 16.7. The SMILES string of the molecule is CC(C)(C)OC(=O)N1C2CCCC1CC(C(=O)c1ccc(F)c(CC#N)c1)C2. The van der Waals surface area contributed by atoms with E-state index in [0.29, 0.717) is 18.4 Å². The molecule has 2 aliphatic heterocycles. The first-order valence-electron chi connectivity index (χ1n) is 9.90. The number of amides is 1. The van der Waals surface area contributed by atoms with Crippen LogP contribution in [0.25, 0.3) is 0 Å². The predicted octanol–water partition coefficient (Wildman–Crippen LogP) is 4.64. The molecule has 28 heavy (non-hydrogen) atoms. The third kappa shape index (κ3) is 4.35. The van der Waals surface area contributed by atoms with Crippen molar-refractivity contribution in [2.45, 2.75) is 77.0 Å². The molecule has 0 aromatic heterocycles. The number of ether oxygens (including phenoxy) is 1. The number of rotatable bonds is 3. The fraction of sp³-hybridized carbons (Fsp3) is 0.591. The first-order chi connectivity index (χ1) is 13.2. The van der Waals surface area contributed by atoms with Crippen molar-refractivity contribution in [1.29, 1.82) is 5.26 Å². The third-order valence-electron chi connectivity index (χ3n) is 5.55. The highest BCUT2D eigenvalue weighted by Gasteiger charge is 2.44. The molecule has 2 aliphatic rings. The van der Waals surface area contributed by atoms with Crippen LogP contribution in [0, 0.1) is 23.1 Å². The number of benzene rings is 1. The van der Waals surface area contributed by atoms with Crippen molar-refractivity contribution in [1.82, 2.24) is 4.90 Å². The molecular formula is C22H27FN2O3. The Kier molecular flexibility index (Phi) is 5.74. The van der Waals surface area contributed by atoms with E-state index in [1.807, 2.05) is 31.7 Å². The van der Waals surface area contributed by atoms with Gasteiger partial charge in [0.15, 0.2) is 5.78 Å². The fourth-order valence-electron chi connectivity index (χ4n) is 4.39. The minimum Gasteiger partial charge on any atom is -0.444 e. The van der Waals surface area contributed by atoms with Gasteiger partial charge in [-0.3, -0.25) is 4.79 Å². The van der Waals surface area contributed by atoms with Crippen molar-refractivity contribution >= 4 is 11.9 Å². The van der Waals surface area contributed by atoms with E-state index < -0.39 is 11.4 Å². The lowest BCUT2D eigenvalue weighted by atomic mass is 9.75. The fourth-order valence-corrected chi connectivity index (χ4v) is 4.39. The predicted molar refractivity (Wildman–Crippen MR) is 102 cm³/mol. The Bertz CT molecular complexity index is 795. The number of ketones is 1. The molecule has 6 heteroatoms. The average molecular weight is 386 g/mol. The number of fused-ring (bicyclic) bond motifs is 2. The third-order valence-corrected chi connectivity index (χ3v) is 5.55. The molecule has 2 saturated heterocycles. The summed E-state index contributed by atoms with van der Waals surface area (Å²) in [6, 6.07) is 6.17. The summed E-state index contributed by atoms with van der Waals surface area (Å²) in [6.45, 7) is 5.55. The van der Waals surface area contributed by atoms with Crippen molar-refractivity contribution < 1.29 is 18.7 Å². The van der Waals surface area contributed by atoms with Crippen LogP contribution in [0.4, 0.5) is 9.18 Å². The van der Waals surface area contributed by atoms with Gasteiger partial charge < -0.3 is 9.64 Å². The first kappa shape index (κ1) is 20.3. The van der Waals surface area contributed by atoms with Gasteiger partial charge in [-0.1, -0.05) is 0 Å². The first-order valence-corrected chi connectivity index (χ1v) is 9.90. The van der Waals surface area contributed by atoms with Crippen LogP contribution in [0.15, 0.2) is 18.2 Å². The van der Waals surface area contributed by atoms with Crippen LogP contribution in [0.2, 0.25) is 0 Å². The van der Waals surface area contributed by atoms with Gasteiger partial charge in [-0.25, -0.2) is 9.18 Å². The van der Waals surface area contributed by atoms with Gasteiger partial charge in [-0.15, -0.1) is 0 Å². The Morgan fingerprint density at radius 3 is 2.46 bits per heavy atom. The van der Waals surface area contributed by atoms with Gasteiger partial charge in [0.2, 0.25) is 0 Å². The summed E-state index contributed by atoms with van der Waals surface area (Å²) >= 11 is 0. The largest absolute Gasteiger partial charge is 0.444 e. The maximum atomic E-state index is 13.8. The molecule has 0 saturated carbocycles. The summed E-state index contributed by atoms with van der Waals surface area (Å²) in [5.74, 6) is -0.691. The molecule has 2 unspecified atom stereocenters. The van der Waals surface area contributed by atoms with Crippen LogP contribution in [0.5, 0.6) is 0 Å². The molecule has 150 valence electrons. The topological polar surface area (TPSA) is 70.4 Å². The molecule has 2 atom stereocenters. The van der Waals surface area contributed by atoms with Crippen LogP contribution < -0.4 is 0 Å². The lowest BCUT2D eigenvalue weighted by molar-refractivity contribution is -0.0260. The van der Waals surface area contributed by atoms with Crippen molar-refractivity contribution in [3.8, 4) is 6.07 Å². The van der Waals surface area contributed by atoms with E-state index in [2.05, 4.69) is 0 Å². The summed E-state index contributed by atoms with van der Waals surface area (Å²) in [5, 5.41) is 8.84. The maximum absolute atomic E-state index is 13.8. The minimum atomic E-state index is -0.552. The van der Waals surface area contributed by atoms with Crippen molar-refractivity contribution in [2.75, 3.05) is 0 Å². The van der Waals surface area contributed by atoms with Gasteiger partial charge in [0.05, 0.1) is 12.5 Å². The van der Waals surface area contributed by atoms with Gasteiger partial charge in [-0.2, -0.15) is 5.26 Å². The molecule has 0 spiro atoms. The van der Waals surface area contributed by atoms with Crippen LogP contribution >= 0.6 is 0 Å².